The van der Waals surface area contributed by atoms with Gasteiger partial charge in [-0.2, -0.15) is 10.2 Å². The number of aromatic nitrogens is 4. The lowest BCUT2D eigenvalue weighted by Crippen LogP contribution is -2.06. The van der Waals surface area contributed by atoms with E-state index in [1.807, 2.05) is 14.0 Å². The first-order valence-electron chi connectivity index (χ1n) is 5.10. The van der Waals surface area contributed by atoms with E-state index in [0.29, 0.717) is 12.2 Å². The van der Waals surface area contributed by atoms with Gasteiger partial charge in [0.2, 0.25) is 0 Å². The zero-order valence-electron chi connectivity index (χ0n) is 9.31. The summed E-state index contributed by atoms with van der Waals surface area (Å²) in [6, 6.07) is 0. The van der Waals surface area contributed by atoms with Crippen molar-refractivity contribution in [1.82, 2.24) is 19.6 Å². The molecule has 0 aliphatic rings. The van der Waals surface area contributed by atoms with E-state index in [1.165, 1.54) is 0 Å². The van der Waals surface area contributed by atoms with Crippen molar-refractivity contribution in [3.63, 3.8) is 0 Å². The third-order valence-corrected chi connectivity index (χ3v) is 2.90. The van der Waals surface area contributed by atoms with Crippen LogP contribution < -0.4 is 5.73 Å². The number of nitrogens with zero attached hydrogens (tertiary/aromatic N) is 4. The first-order chi connectivity index (χ1) is 7.61. The van der Waals surface area contributed by atoms with Crippen LogP contribution in [0, 0.1) is 0 Å². The van der Waals surface area contributed by atoms with Gasteiger partial charge in [0.15, 0.2) is 0 Å². The molecular weight excluding hydrogens is 226 g/mol. The van der Waals surface area contributed by atoms with Crippen molar-refractivity contribution >= 4 is 17.3 Å². The highest BCUT2D eigenvalue weighted by molar-refractivity contribution is 6.31. The second-order valence-corrected chi connectivity index (χ2v) is 4.03. The van der Waals surface area contributed by atoms with E-state index in [1.54, 1.807) is 21.8 Å². The van der Waals surface area contributed by atoms with Gasteiger partial charge in [0.1, 0.15) is 0 Å². The van der Waals surface area contributed by atoms with Gasteiger partial charge in [-0.25, -0.2) is 0 Å². The Hall–Kier alpha value is -1.49. The first kappa shape index (κ1) is 11.0. The lowest BCUT2D eigenvalue weighted by Gasteiger charge is -2.02. The van der Waals surface area contributed by atoms with Crippen LogP contribution in [-0.2, 0) is 20.0 Å². The van der Waals surface area contributed by atoms with E-state index in [0.717, 1.165) is 22.8 Å². The molecular formula is C10H14ClN5. The molecule has 2 rings (SSSR count). The van der Waals surface area contributed by atoms with Crippen molar-refractivity contribution in [2.45, 2.75) is 19.9 Å². The molecule has 0 aliphatic carbocycles. The highest BCUT2D eigenvalue weighted by Crippen LogP contribution is 2.21. The summed E-state index contributed by atoms with van der Waals surface area (Å²) in [6.07, 6.45) is 4.22. The van der Waals surface area contributed by atoms with Crippen LogP contribution in [0.4, 0.5) is 5.69 Å². The van der Waals surface area contributed by atoms with Gasteiger partial charge in [-0.15, -0.1) is 0 Å². The fourth-order valence-electron chi connectivity index (χ4n) is 1.61. The smallest absolute Gasteiger partial charge is 0.0869 e. The van der Waals surface area contributed by atoms with Crippen LogP contribution in [0.2, 0.25) is 5.02 Å². The molecule has 2 N–H and O–H groups in total. The molecule has 6 heteroatoms. The summed E-state index contributed by atoms with van der Waals surface area (Å²) in [4.78, 5) is 0. The molecule has 0 spiro atoms. The minimum absolute atomic E-state index is 0.583. The number of aryl methyl sites for hydroxylation is 2. The Bertz CT molecular complexity index is 499. The Morgan fingerprint density at radius 3 is 2.75 bits per heavy atom. The summed E-state index contributed by atoms with van der Waals surface area (Å²) < 4.78 is 3.54. The van der Waals surface area contributed by atoms with Crippen molar-refractivity contribution in [1.29, 1.82) is 0 Å². The van der Waals surface area contributed by atoms with Gasteiger partial charge in [0.25, 0.3) is 0 Å². The predicted molar refractivity (Wildman–Crippen MR) is 63.3 cm³/mol. The molecule has 0 unspecified atom stereocenters. The van der Waals surface area contributed by atoms with Crippen LogP contribution in [0.15, 0.2) is 12.4 Å². The van der Waals surface area contributed by atoms with Crippen LogP contribution in [0.1, 0.15) is 18.3 Å². The monoisotopic (exact) mass is 239 g/mol. The molecule has 0 bridgehead atoms. The maximum atomic E-state index is 6.23. The molecule has 0 atom stereocenters. The van der Waals surface area contributed by atoms with Gasteiger partial charge < -0.3 is 5.73 Å². The second kappa shape index (κ2) is 4.17. The van der Waals surface area contributed by atoms with Gasteiger partial charge in [-0.1, -0.05) is 18.5 Å². The molecule has 0 fully saturated rings. The lowest BCUT2D eigenvalue weighted by molar-refractivity contribution is 0.618. The maximum absolute atomic E-state index is 6.23. The number of hydrogen-bond donors (Lipinski definition) is 1. The molecule has 86 valence electrons. The number of nitrogen functional groups attached to an aromatic ring is 1. The Kier molecular flexibility index (Phi) is 2.87. The average Bonchev–Trinajstić information content (AvgIpc) is 2.77. The van der Waals surface area contributed by atoms with E-state index >= 15 is 0 Å². The molecule has 0 aromatic carbocycles. The Labute approximate surface area is 98.8 Å². The highest BCUT2D eigenvalue weighted by atomic mass is 35.5. The first-order valence-corrected chi connectivity index (χ1v) is 5.47. The molecule has 0 saturated heterocycles. The standard InChI is InChI=1S/C10H14ClN5/c1-3-8-10(11)9(15(2)14-8)6-16-5-7(12)4-13-16/h4-5H,3,6,12H2,1-2H3. The SMILES string of the molecule is CCc1nn(C)c(Cn2cc(N)cn2)c1Cl. The quantitative estimate of drug-likeness (QED) is 0.882. The van der Waals surface area contributed by atoms with Gasteiger partial charge in [0, 0.05) is 13.2 Å². The molecule has 2 aromatic rings. The molecule has 0 amide bonds. The summed E-state index contributed by atoms with van der Waals surface area (Å²) in [6.45, 7) is 2.61. The summed E-state index contributed by atoms with van der Waals surface area (Å²) in [5.74, 6) is 0. The minimum atomic E-state index is 0.583. The Balaban J connectivity index is 2.30. The molecule has 0 saturated carbocycles. The van der Waals surface area contributed by atoms with Crippen LogP contribution >= 0.6 is 11.6 Å². The zero-order valence-corrected chi connectivity index (χ0v) is 10.1. The normalized spacial score (nSPS) is 10.9. The number of hydrogen-bond acceptors (Lipinski definition) is 3. The van der Waals surface area contributed by atoms with Crippen molar-refractivity contribution in [3.05, 3.63) is 28.8 Å². The Morgan fingerprint density at radius 1 is 1.50 bits per heavy atom. The van der Waals surface area contributed by atoms with Crippen molar-refractivity contribution in [2.24, 2.45) is 7.05 Å². The fraction of sp³-hybridized carbons (Fsp3) is 0.400. The largest absolute Gasteiger partial charge is 0.396 e. The average molecular weight is 240 g/mol. The number of anilines is 1. The molecule has 2 aromatic heterocycles. The molecule has 0 radical (unpaired) electrons. The van der Waals surface area contributed by atoms with Crippen LogP contribution in [-0.4, -0.2) is 19.6 Å². The Morgan fingerprint density at radius 2 is 2.25 bits per heavy atom. The summed E-state index contributed by atoms with van der Waals surface area (Å²) in [5.41, 5.74) is 8.11. The topological polar surface area (TPSA) is 61.7 Å². The van der Waals surface area contributed by atoms with Gasteiger partial charge in [0.05, 0.1) is 34.8 Å². The summed E-state index contributed by atoms with van der Waals surface area (Å²) >= 11 is 6.23. The van der Waals surface area contributed by atoms with Crippen molar-refractivity contribution in [3.8, 4) is 0 Å². The van der Waals surface area contributed by atoms with E-state index in [2.05, 4.69) is 10.2 Å². The van der Waals surface area contributed by atoms with Gasteiger partial charge in [-0.3, -0.25) is 9.36 Å². The zero-order chi connectivity index (χ0) is 11.7. The van der Waals surface area contributed by atoms with Crippen molar-refractivity contribution in [2.75, 3.05) is 5.73 Å². The van der Waals surface area contributed by atoms with Crippen LogP contribution in [0.5, 0.6) is 0 Å². The third kappa shape index (κ3) is 1.90. The fourth-order valence-corrected chi connectivity index (χ4v) is 1.96. The molecule has 2 heterocycles. The summed E-state index contributed by atoms with van der Waals surface area (Å²) in [5, 5.41) is 9.19. The van der Waals surface area contributed by atoms with Crippen LogP contribution in [0.25, 0.3) is 0 Å². The lowest BCUT2D eigenvalue weighted by atomic mass is 10.3. The molecule has 16 heavy (non-hydrogen) atoms. The molecule has 5 nitrogen and oxygen atoms in total. The minimum Gasteiger partial charge on any atom is -0.396 e. The predicted octanol–water partition coefficient (Wildman–Crippen LogP) is 1.46. The van der Waals surface area contributed by atoms with E-state index in [4.69, 9.17) is 17.3 Å². The molecule has 0 aliphatic heterocycles. The van der Waals surface area contributed by atoms with Crippen molar-refractivity contribution < 1.29 is 0 Å². The maximum Gasteiger partial charge on any atom is 0.0869 e. The second-order valence-electron chi connectivity index (χ2n) is 3.66. The number of nitrogens with two attached hydrogens (primary N) is 1. The highest BCUT2D eigenvalue weighted by Gasteiger charge is 2.13. The van der Waals surface area contributed by atoms with E-state index in [-0.39, 0.29) is 0 Å². The van der Waals surface area contributed by atoms with Gasteiger partial charge >= 0.3 is 0 Å². The number of halogens is 1. The van der Waals surface area contributed by atoms with E-state index in [9.17, 15) is 0 Å². The summed E-state index contributed by atoms with van der Waals surface area (Å²) in [7, 11) is 1.88. The van der Waals surface area contributed by atoms with Crippen LogP contribution in [0.3, 0.4) is 0 Å². The number of rotatable bonds is 3. The third-order valence-electron chi connectivity index (χ3n) is 2.47. The van der Waals surface area contributed by atoms with Gasteiger partial charge in [-0.05, 0) is 6.42 Å². The van der Waals surface area contributed by atoms with E-state index < -0.39 is 0 Å².